The van der Waals surface area contributed by atoms with E-state index < -0.39 is 10.0 Å². The lowest BCUT2D eigenvalue weighted by Crippen LogP contribution is -2.42. The van der Waals surface area contributed by atoms with E-state index in [0.717, 1.165) is 18.4 Å². The van der Waals surface area contributed by atoms with E-state index in [2.05, 4.69) is 10.1 Å². The van der Waals surface area contributed by atoms with Gasteiger partial charge in [0, 0.05) is 18.7 Å². The highest BCUT2D eigenvalue weighted by atomic mass is 32.2. The molecule has 1 aliphatic rings. The lowest BCUT2D eigenvalue weighted by atomic mass is 10.1. The van der Waals surface area contributed by atoms with E-state index in [1.807, 2.05) is 30.3 Å². The Balaban J connectivity index is 1.58. The Hall–Kier alpha value is -1.77. The Bertz CT molecular complexity index is 745. The van der Waals surface area contributed by atoms with E-state index in [-0.39, 0.29) is 12.7 Å². The molecule has 0 amide bonds. The van der Waals surface area contributed by atoms with E-state index in [0.29, 0.717) is 24.8 Å². The van der Waals surface area contributed by atoms with Crippen LogP contribution >= 0.6 is 0 Å². The standard InChI is InChI=1S/C15H19N3O4S/c1-23(19,20)18-9-5-8-13(10-18)21-11-14-16-15(17-22-14)12-6-3-2-4-7-12/h2-4,6-7,13H,5,8-11H2,1H3. The number of sulfonamides is 1. The van der Waals surface area contributed by atoms with Gasteiger partial charge in [-0.25, -0.2) is 8.42 Å². The number of hydrogen-bond acceptors (Lipinski definition) is 6. The van der Waals surface area contributed by atoms with Gasteiger partial charge < -0.3 is 9.26 Å². The van der Waals surface area contributed by atoms with Crippen molar-refractivity contribution in [3.05, 3.63) is 36.2 Å². The van der Waals surface area contributed by atoms with E-state index in [4.69, 9.17) is 9.26 Å². The van der Waals surface area contributed by atoms with Gasteiger partial charge in [0.25, 0.3) is 5.89 Å². The molecule has 1 aromatic heterocycles. The molecule has 0 saturated carbocycles. The third-order valence-corrected chi connectivity index (χ3v) is 5.02. The first-order chi connectivity index (χ1) is 11.0. The molecule has 1 aliphatic heterocycles. The van der Waals surface area contributed by atoms with Crippen LogP contribution in [-0.4, -0.2) is 48.3 Å². The number of piperidine rings is 1. The second-order valence-electron chi connectivity index (χ2n) is 5.57. The number of benzene rings is 1. The Morgan fingerprint density at radius 1 is 1.35 bits per heavy atom. The van der Waals surface area contributed by atoms with Gasteiger partial charge in [-0.05, 0) is 12.8 Å². The molecule has 0 N–H and O–H groups in total. The van der Waals surface area contributed by atoms with Gasteiger partial charge in [0.1, 0.15) is 6.61 Å². The Labute approximate surface area is 135 Å². The summed E-state index contributed by atoms with van der Waals surface area (Å²) in [5, 5.41) is 3.93. The summed E-state index contributed by atoms with van der Waals surface area (Å²) in [6.07, 6.45) is 2.69. The average molecular weight is 337 g/mol. The van der Waals surface area contributed by atoms with Crippen LogP contribution in [0.25, 0.3) is 11.4 Å². The normalized spacial score (nSPS) is 19.8. The number of nitrogens with zero attached hydrogens (tertiary/aromatic N) is 3. The smallest absolute Gasteiger partial charge is 0.252 e. The fraction of sp³-hybridized carbons (Fsp3) is 0.467. The minimum atomic E-state index is -3.17. The molecule has 1 atom stereocenters. The second-order valence-corrected chi connectivity index (χ2v) is 7.56. The van der Waals surface area contributed by atoms with Crippen molar-refractivity contribution in [3.8, 4) is 11.4 Å². The fourth-order valence-electron chi connectivity index (χ4n) is 2.55. The van der Waals surface area contributed by atoms with Crippen molar-refractivity contribution < 1.29 is 17.7 Å². The van der Waals surface area contributed by atoms with Crippen molar-refractivity contribution in [2.24, 2.45) is 0 Å². The molecule has 1 saturated heterocycles. The van der Waals surface area contributed by atoms with Crippen molar-refractivity contribution >= 4 is 10.0 Å². The lowest BCUT2D eigenvalue weighted by Gasteiger charge is -2.30. The van der Waals surface area contributed by atoms with Crippen LogP contribution in [0.2, 0.25) is 0 Å². The summed E-state index contributed by atoms with van der Waals surface area (Å²) < 4.78 is 35.6. The number of hydrogen-bond donors (Lipinski definition) is 0. The lowest BCUT2D eigenvalue weighted by molar-refractivity contribution is -0.00284. The molecule has 124 valence electrons. The van der Waals surface area contributed by atoms with Gasteiger partial charge in [-0.2, -0.15) is 9.29 Å². The maximum absolute atomic E-state index is 11.6. The van der Waals surface area contributed by atoms with Crippen LogP contribution in [-0.2, 0) is 21.4 Å². The highest BCUT2D eigenvalue weighted by Crippen LogP contribution is 2.18. The monoisotopic (exact) mass is 337 g/mol. The molecule has 1 aromatic carbocycles. The molecule has 0 spiro atoms. The van der Waals surface area contributed by atoms with Crippen LogP contribution in [0.15, 0.2) is 34.9 Å². The van der Waals surface area contributed by atoms with Gasteiger partial charge in [-0.3, -0.25) is 0 Å². The molecule has 8 heteroatoms. The molecule has 7 nitrogen and oxygen atoms in total. The zero-order valence-electron chi connectivity index (χ0n) is 12.9. The first-order valence-corrected chi connectivity index (χ1v) is 9.32. The maximum Gasteiger partial charge on any atom is 0.252 e. The summed E-state index contributed by atoms with van der Waals surface area (Å²) in [4.78, 5) is 4.30. The van der Waals surface area contributed by atoms with Crippen LogP contribution in [0.4, 0.5) is 0 Å². The molecule has 1 fully saturated rings. The van der Waals surface area contributed by atoms with Crippen molar-refractivity contribution in [2.75, 3.05) is 19.3 Å². The fourth-order valence-corrected chi connectivity index (χ4v) is 3.45. The minimum Gasteiger partial charge on any atom is -0.367 e. The van der Waals surface area contributed by atoms with E-state index in [1.54, 1.807) is 0 Å². The second kappa shape index (κ2) is 6.77. The van der Waals surface area contributed by atoms with Crippen LogP contribution in [0.1, 0.15) is 18.7 Å². The molecular formula is C15H19N3O4S. The molecule has 3 rings (SSSR count). The molecule has 0 aliphatic carbocycles. The van der Waals surface area contributed by atoms with E-state index in [1.165, 1.54) is 10.6 Å². The van der Waals surface area contributed by atoms with Crippen molar-refractivity contribution in [1.29, 1.82) is 0 Å². The third-order valence-electron chi connectivity index (χ3n) is 3.75. The van der Waals surface area contributed by atoms with Gasteiger partial charge >= 0.3 is 0 Å². The van der Waals surface area contributed by atoms with Gasteiger partial charge in [0.15, 0.2) is 0 Å². The summed E-state index contributed by atoms with van der Waals surface area (Å²) >= 11 is 0. The highest BCUT2D eigenvalue weighted by molar-refractivity contribution is 7.88. The van der Waals surface area contributed by atoms with Gasteiger partial charge in [0.2, 0.25) is 15.8 Å². The largest absolute Gasteiger partial charge is 0.367 e. The number of rotatable bonds is 5. The van der Waals surface area contributed by atoms with Crippen LogP contribution in [0.3, 0.4) is 0 Å². The highest BCUT2D eigenvalue weighted by Gasteiger charge is 2.26. The first kappa shape index (κ1) is 16.1. The van der Waals surface area contributed by atoms with E-state index >= 15 is 0 Å². The molecular weight excluding hydrogens is 318 g/mol. The van der Waals surface area contributed by atoms with Crippen molar-refractivity contribution in [2.45, 2.75) is 25.6 Å². The molecule has 0 radical (unpaired) electrons. The third kappa shape index (κ3) is 4.15. The average Bonchev–Trinajstić information content (AvgIpc) is 3.02. The molecule has 23 heavy (non-hydrogen) atoms. The minimum absolute atomic E-state index is 0.148. The van der Waals surface area contributed by atoms with Crippen LogP contribution < -0.4 is 0 Å². The Kier molecular flexibility index (Phi) is 4.74. The van der Waals surface area contributed by atoms with Gasteiger partial charge in [0.05, 0.1) is 12.4 Å². The SMILES string of the molecule is CS(=O)(=O)N1CCCC(OCc2nc(-c3ccccc3)no2)C1. The topological polar surface area (TPSA) is 85.5 Å². The molecule has 0 bridgehead atoms. The predicted molar refractivity (Wildman–Crippen MR) is 84.0 cm³/mol. The van der Waals surface area contributed by atoms with Crippen molar-refractivity contribution in [3.63, 3.8) is 0 Å². The molecule has 2 aromatic rings. The zero-order chi connectivity index (χ0) is 16.3. The maximum atomic E-state index is 11.6. The summed E-state index contributed by atoms with van der Waals surface area (Å²) in [6.45, 7) is 1.11. The number of ether oxygens (including phenoxy) is 1. The summed E-state index contributed by atoms with van der Waals surface area (Å²) in [5.74, 6) is 0.908. The van der Waals surface area contributed by atoms with Gasteiger partial charge in [-0.15, -0.1) is 0 Å². The van der Waals surface area contributed by atoms with Crippen LogP contribution in [0, 0.1) is 0 Å². The van der Waals surface area contributed by atoms with Crippen molar-refractivity contribution in [1.82, 2.24) is 14.4 Å². The zero-order valence-corrected chi connectivity index (χ0v) is 13.7. The van der Waals surface area contributed by atoms with E-state index in [9.17, 15) is 8.42 Å². The van der Waals surface area contributed by atoms with Crippen LogP contribution in [0.5, 0.6) is 0 Å². The Morgan fingerprint density at radius 2 is 2.13 bits per heavy atom. The summed E-state index contributed by atoms with van der Waals surface area (Å²) in [5.41, 5.74) is 0.878. The molecule has 2 heterocycles. The molecule has 1 unspecified atom stereocenters. The summed E-state index contributed by atoms with van der Waals surface area (Å²) in [6, 6.07) is 9.54. The number of aromatic nitrogens is 2. The predicted octanol–water partition coefficient (Wildman–Crippen LogP) is 1.68. The first-order valence-electron chi connectivity index (χ1n) is 7.47. The quantitative estimate of drug-likeness (QED) is 0.825. The summed E-state index contributed by atoms with van der Waals surface area (Å²) in [7, 11) is -3.17. The Morgan fingerprint density at radius 3 is 2.87 bits per heavy atom. The van der Waals surface area contributed by atoms with Gasteiger partial charge in [-0.1, -0.05) is 35.5 Å².